The monoisotopic (exact) mass is 230 g/mol. The summed E-state index contributed by atoms with van der Waals surface area (Å²) in [5.41, 5.74) is 2.43. The van der Waals surface area contributed by atoms with Crippen LogP contribution in [0.25, 0.3) is 0 Å². The highest BCUT2D eigenvalue weighted by Gasteiger charge is 2.10. The molecule has 0 aliphatic heterocycles. The van der Waals surface area contributed by atoms with E-state index in [1.54, 1.807) is 24.6 Å². The zero-order valence-electron chi connectivity index (χ0n) is 9.86. The fraction of sp³-hybridized carbons (Fsp3) is 0.231. The third kappa shape index (κ3) is 2.53. The van der Waals surface area contributed by atoms with Gasteiger partial charge in [0.2, 0.25) is 0 Å². The van der Waals surface area contributed by atoms with Crippen molar-refractivity contribution >= 4 is 5.91 Å². The summed E-state index contributed by atoms with van der Waals surface area (Å²) < 4.78 is 5.15. The summed E-state index contributed by atoms with van der Waals surface area (Å²) >= 11 is 0. The van der Waals surface area contributed by atoms with Crippen LogP contribution in [0.4, 0.5) is 0 Å². The Labute approximate surface area is 99.7 Å². The van der Waals surface area contributed by atoms with Crippen LogP contribution >= 0.6 is 0 Å². The van der Waals surface area contributed by atoms with E-state index < -0.39 is 0 Å². The van der Waals surface area contributed by atoms with Crippen molar-refractivity contribution in [2.24, 2.45) is 0 Å². The normalized spacial score (nSPS) is 10.2. The molecule has 0 aliphatic carbocycles. The maximum atomic E-state index is 11.9. The minimum atomic E-state index is -0.107. The molecule has 0 unspecified atom stereocenters. The minimum Gasteiger partial charge on any atom is -0.467 e. The molecule has 2 aromatic rings. The summed E-state index contributed by atoms with van der Waals surface area (Å²) in [6, 6.07) is 5.34. The van der Waals surface area contributed by atoms with Crippen LogP contribution in [0.3, 0.4) is 0 Å². The van der Waals surface area contributed by atoms with Gasteiger partial charge >= 0.3 is 0 Å². The van der Waals surface area contributed by atoms with Crippen LogP contribution in [0.5, 0.6) is 0 Å². The molecule has 1 N–H and O–H groups in total. The molecule has 0 spiro atoms. The number of hydrogen-bond donors (Lipinski definition) is 1. The zero-order chi connectivity index (χ0) is 12.3. The lowest BCUT2D eigenvalue weighted by molar-refractivity contribution is 0.0947. The number of nitrogens with zero attached hydrogens (tertiary/aromatic N) is 1. The average Bonchev–Trinajstić information content (AvgIpc) is 2.82. The summed E-state index contributed by atoms with van der Waals surface area (Å²) in [7, 11) is 0. The predicted octanol–water partition coefficient (Wildman–Crippen LogP) is 2.22. The van der Waals surface area contributed by atoms with Gasteiger partial charge in [-0.05, 0) is 37.6 Å². The van der Waals surface area contributed by atoms with E-state index >= 15 is 0 Å². The molecule has 0 atom stereocenters. The number of aromatic nitrogens is 1. The molecule has 0 aromatic carbocycles. The van der Waals surface area contributed by atoms with Gasteiger partial charge in [0, 0.05) is 17.5 Å². The molecular formula is C13H14N2O2. The Morgan fingerprint density at radius 3 is 2.94 bits per heavy atom. The molecule has 0 radical (unpaired) electrons. The molecule has 0 fully saturated rings. The quantitative estimate of drug-likeness (QED) is 0.879. The van der Waals surface area contributed by atoms with E-state index in [0.29, 0.717) is 12.1 Å². The molecule has 88 valence electrons. The predicted molar refractivity (Wildman–Crippen MR) is 63.6 cm³/mol. The van der Waals surface area contributed by atoms with E-state index in [4.69, 9.17) is 4.42 Å². The van der Waals surface area contributed by atoms with Crippen LogP contribution in [-0.2, 0) is 6.54 Å². The number of pyridine rings is 1. The molecule has 0 bridgehead atoms. The van der Waals surface area contributed by atoms with E-state index in [9.17, 15) is 4.79 Å². The Morgan fingerprint density at radius 1 is 1.41 bits per heavy atom. The minimum absolute atomic E-state index is 0.107. The van der Waals surface area contributed by atoms with Gasteiger partial charge in [0.05, 0.1) is 12.8 Å². The first-order valence-corrected chi connectivity index (χ1v) is 5.41. The summed E-state index contributed by atoms with van der Waals surface area (Å²) in [6.07, 6.45) is 3.23. The molecule has 1 amide bonds. The fourth-order valence-corrected chi connectivity index (χ4v) is 1.56. The van der Waals surface area contributed by atoms with Gasteiger partial charge in [0.15, 0.2) is 0 Å². The fourth-order valence-electron chi connectivity index (χ4n) is 1.56. The van der Waals surface area contributed by atoms with E-state index in [1.165, 1.54) is 0 Å². The maximum absolute atomic E-state index is 11.9. The number of rotatable bonds is 3. The van der Waals surface area contributed by atoms with Crippen molar-refractivity contribution in [3.05, 3.63) is 53.2 Å². The number of carbonyl (C=O) groups is 1. The summed E-state index contributed by atoms with van der Waals surface area (Å²) in [5, 5.41) is 2.81. The highest BCUT2D eigenvalue weighted by atomic mass is 16.3. The van der Waals surface area contributed by atoms with Crippen LogP contribution in [0, 0.1) is 13.8 Å². The van der Waals surface area contributed by atoms with Gasteiger partial charge < -0.3 is 9.73 Å². The van der Waals surface area contributed by atoms with Crippen molar-refractivity contribution in [3.63, 3.8) is 0 Å². The molecular weight excluding hydrogens is 216 g/mol. The first-order chi connectivity index (χ1) is 8.18. The van der Waals surface area contributed by atoms with Crippen LogP contribution in [-0.4, -0.2) is 10.9 Å². The number of hydrogen-bond acceptors (Lipinski definition) is 3. The van der Waals surface area contributed by atoms with E-state index in [0.717, 1.165) is 17.0 Å². The van der Waals surface area contributed by atoms with Gasteiger partial charge in [0.25, 0.3) is 5.91 Å². The highest BCUT2D eigenvalue weighted by Crippen LogP contribution is 2.10. The van der Waals surface area contributed by atoms with Crippen LogP contribution < -0.4 is 5.32 Å². The molecule has 0 saturated carbocycles. The number of amides is 1. The first kappa shape index (κ1) is 11.4. The van der Waals surface area contributed by atoms with Crippen molar-refractivity contribution in [1.29, 1.82) is 0 Å². The number of nitrogens with one attached hydrogen (secondary N) is 1. The number of furan rings is 1. The van der Waals surface area contributed by atoms with E-state index in [-0.39, 0.29) is 5.91 Å². The average molecular weight is 230 g/mol. The molecule has 4 heteroatoms. The van der Waals surface area contributed by atoms with Gasteiger partial charge in [-0.3, -0.25) is 9.78 Å². The molecule has 2 heterocycles. The summed E-state index contributed by atoms with van der Waals surface area (Å²) in [4.78, 5) is 16.1. The topological polar surface area (TPSA) is 55.1 Å². The van der Waals surface area contributed by atoms with Gasteiger partial charge in [-0.25, -0.2) is 0 Å². The Bertz CT molecular complexity index is 518. The number of aryl methyl sites for hydroxylation is 1. The molecule has 17 heavy (non-hydrogen) atoms. The Kier molecular flexibility index (Phi) is 3.23. The lowest BCUT2D eigenvalue weighted by Crippen LogP contribution is -2.23. The Balaban J connectivity index is 2.07. The zero-order valence-corrected chi connectivity index (χ0v) is 9.86. The Morgan fingerprint density at radius 2 is 2.24 bits per heavy atom. The smallest absolute Gasteiger partial charge is 0.252 e. The van der Waals surface area contributed by atoms with Crippen molar-refractivity contribution < 1.29 is 9.21 Å². The third-order valence-electron chi connectivity index (χ3n) is 2.70. The second-order valence-corrected chi connectivity index (χ2v) is 3.83. The van der Waals surface area contributed by atoms with Crippen molar-refractivity contribution in [2.45, 2.75) is 20.4 Å². The lowest BCUT2D eigenvalue weighted by Gasteiger charge is -2.07. The second-order valence-electron chi connectivity index (χ2n) is 3.83. The van der Waals surface area contributed by atoms with Crippen LogP contribution in [0.15, 0.2) is 35.1 Å². The van der Waals surface area contributed by atoms with Crippen LogP contribution in [0.2, 0.25) is 0 Å². The first-order valence-electron chi connectivity index (χ1n) is 5.41. The maximum Gasteiger partial charge on any atom is 0.252 e. The van der Waals surface area contributed by atoms with Gasteiger partial charge in [-0.1, -0.05) is 0 Å². The van der Waals surface area contributed by atoms with Gasteiger partial charge in [-0.15, -0.1) is 0 Å². The van der Waals surface area contributed by atoms with Crippen molar-refractivity contribution in [1.82, 2.24) is 10.3 Å². The highest BCUT2D eigenvalue weighted by molar-refractivity contribution is 5.95. The summed E-state index contributed by atoms with van der Waals surface area (Å²) in [6.45, 7) is 4.18. The van der Waals surface area contributed by atoms with Crippen LogP contribution in [0.1, 0.15) is 27.4 Å². The van der Waals surface area contributed by atoms with E-state index in [1.807, 2.05) is 19.9 Å². The molecule has 2 rings (SSSR count). The Hall–Kier alpha value is -2.10. The van der Waals surface area contributed by atoms with Gasteiger partial charge in [-0.2, -0.15) is 0 Å². The van der Waals surface area contributed by atoms with Gasteiger partial charge in [0.1, 0.15) is 5.76 Å². The lowest BCUT2D eigenvalue weighted by atomic mass is 10.1. The van der Waals surface area contributed by atoms with E-state index in [2.05, 4.69) is 10.3 Å². The standard InChI is InChI=1S/C13H14N2O2/c1-9-10(2)14-6-5-12(9)13(16)15-8-11-4-3-7-17-11/h3-7H,8H2,1-2H3,(H,15,16). The second kappa shape index (κ2) is 4.82. The molecule has 0 saturated heterocycles. The SMILES string of the molecule is Cc1nccc(C(=O)NCc2ccco2)c1C. The summed E-state index contributed by atoms with van der Waals surface area (Å²) in [5.74, 6) is 0.631. The number of carbonyl (C=O) groups excluding carboxylic acids is 1. The molecule has 4 nitrogen and oxygen atoms in total. The molecule has 0 aliphatic rings. The van der Waals surface area contributed by atoms with Crippen molar-refractivity contribution in [2.75, 3.05) is 0 Å². The molecule has 2 aromatic heterocycles. The largest absolute Gasteiger partial charge is 0.467 e. The van der Waals surface area contributed by atoms with Crippen molar-refractivity contribution in [3.8, 4) is 0 Å². The third-order valence-corrected chi connectivity index (χ3v) is 2.70.